The fraction of sp³-hybridized carbons (Fsp3) is 0.625. The molecule has 0 bridgehead atoms. The van der Waals surface area contributed by atoms with Gasteiger partial charge < -0.3 is 10.0 Å². The Bertz CT molecular complexity index is 396. The minimum Gasteiger partial charge on any atom is -0.387 e. The lowest BCUT2D eigenvalue weighted by molar-refractivity contribution is 0.105. The van der Waals surface area contributed by atoms with E-state index in [1.165, 1.54) is 36.8 Å². The molecule has 1 saturated carbocycles. The second-order valence-corrected chi connectivity index (χ2v) is 5.75. The fourth-order valence-corrected chi connectivity index (χ4v) is 3.06. The lowest BCUT2D eigenvalue weighted by Gasteiger charge is -2.27. The van der Waals surface area contributed by atoms with Gasteiger partial charge >= 0.3 is 0 Å². The van der Waals surface area contributed by atoms with Crippen molar-refractivity contribution in [1.29, 1.82) is 0 Å². The summed E-state index contributed by atoms with van der Waals surface area (Å²) in [6.07, 6.45) is 4.89. The Labute approximate surface area is 111 Å². The zero-order valence-electron chi connectivity index (χ0n) is 11.8. The van der Waals surface area contributed by atoms with E-state index < -0.39 is 0 Å². The van der Waals surface area contributed by atoms with Crippen LogP contribution in [0.2, 0.25) is 0 Å². The van der Waals surface area contributed by atoms with Crippen LogP contribution < -0.4 is 0 Å². The van der Waals surface area contributed by atoms with Gasteiger partial charge in [-0.05, 0) is 44.9 Å². The van der Waals surface area contributed by atoms with Gasteiger partial charge in [-0.2, -0.15) is 0 Å². The van der Waals surface area contributed by atoms with Crippen molar-refractivity contribution in [3.05, 3.63) is 34.9 Å². The van der Waals surface area contributed by atoms with Crippen LogP contribution in [0.5, 0.6) is 0 Å². The molecule has 0 amide bonds. The molecular weight excluding hydrogens is 222 g/mol. The molecule has 1 aliphatic carbocycles. The lowest BCUT2D eigenvalue weighted by atomic mass is 10.0. The van der Waals surface area contributed by atoms with Crippen molar-refractivity contribution in [3.63, 3.8) is 0 Å². The SMILES string of the molecule is Cc1ccc(C(O)CN(C)C2CCCC2)c(C)c1. The molecule has 1 aliphatic rings. The molecule has 2 heteroatoms. The van der Waals surface area contributed by atoms with Gasteiger partial charge in [-0.1, -0.05) is 36.6 Å². The van der Waals surface area contributed by atoms with E-state index in [0.29, 0.717) is 6.04 Å². The highest BCUT2D eigenvalue weighted by molar-refractivity contribution is 5.32. The number of likely N-dealkylation sites (N-methyl/N-ethyl adjacent to an activating group) is 1. The molecule has 1 unspecified atom stereocenters. The highest BCUT2D eigenvalue weighted by Crippen LogP contribution is 2.25. The lowest BCUT2D eigenvalue weighted by Crippen LogP contribution is -2.33. The van der Waals surface area contributed by atoms with E-state index in [9.17, 15) is 5.11 Å². The van der Waals surface area contributed by atoms with Gasteiger partial charge in [0.2, 0.25) is 0 Å². The fourth-order valence-electron chi connectivity index (χ4n) is 3.06. The highest BCUT2D eigenvalue weighted by Gasteiger charge is 2.22. The molecule has 1 aromatic rings. The van der Waals surface area contributed by atoms with Crippen molar-refractivity contribution in [2.24, 2.45) is 0 Å². The third-order valence-electron chi connectivity index (χ3n) is 4.19. The number of hydrogen-bond donors (Lipinski definition) is 1. The number of aliphatic hydroxyl groups excluding tert-OH is 1. The maximum atomic E-state index is 10.4. The topological polar surface area (TPSA) is 23.5 Å². The van der Waals surface area contributed by atoms with Crippen LogP contribution >= 0.6 is 0 Å². The van der Waals surface area contributed by atoms with E-state index in [2.05, 4.69) is 44.0 Å². The van der Waals surface area contributed by atoms with Crippen LogP contribution in [0.3, 0.4) is 0 Å². The molecule has 2 rings (SSSR count). The Morgan fingerprint density at radius 1 is 1.28 bits per heavy atom. The second-order valence-electron chi connectivity index (χ2n) is 5.75. The van der Waals surface area contributed by atoms with Crippen molar-refractivity contribution < 1.29 is 5.11 Å². The molecular formula is C16H25NO. The predicted octanol–water partition coefficient (Wildman–Crippen LogP) is 3.21. The summed E-state index contributed by atoms with van der Waals surface area (Å²) in [6, 6.07) is 6.97. The summed E-state index contributed by atoms with van der Waals surface area (Å²) >= 11 is 0. The monoisotopic (exact) mass is 247 g/mol. The van der Waals surface area contributed by atoms with Crippen LogP contribution in [0.4, 0.5) is 0 Å². The van der Waals surface area contributed by atoms with Gasteiger partial charge in [0.25, 0.3) is 0 Å². The van der Waals surface area contributed by atoms with Crippen molar-refractivity contribution in [2.75, 3.05) is 13.6 Å². The normalized spacial score (nSPS) is 18.5. The average Bonchev–Trinajstić information content (AvgIpc) is 2.81. The maximum Gasteiger partial charge on any atom is 0.0919 e. The van der Waals surface area contributed by atoms with E-state index in [4.69, 9.17) is 0 Å². The molecule has 0 heterocycles. The largest absolute Gasteiger partial charge is 0.387 e. The van der Waals surface area contributed by atoms with E-state index >= 15 is 0 Å². The summed E-state index contributed by atoms with van der Waals surface area (Å²) in [7, 11) is 2.14. The Morgan fingerprint density at radius 2 is 1.94 bits per heavy atom. The highest BCUT2D eigenvalue weighted by atomic mass is 16.3. The Morgan fingerprint density at radius 3 is 2.56 bits per heavy atom. The third kappa shape index (κ3) is 3.12. The quantitative estimate of drug-likeness (QED) is 0.883. The maximum absolute atomic E-state index is 10.4. The van der Waals surface area contributed by atoms with Crippen LogP contribution in [0.15, 0.2) is 18.2 Å². The van der Waals surface area contributed by atoms with E-state index in [1.54, 1.807) is 0 Å². The molecule has 1 N–H and O–H groups in total. The first-order chi connectivity index (χ1) is 8.58. The van der Waals surface area contributed by atoms with Gasteiger partial charge in [0.05, 0.1) is 6.10 Å². The summed E-state index contributed by atoms with van der Waals surface area (Å²) in [5, 5.41) is 10.4. The van der Waals surface area contributed by atoms with Crippen molar-refractivity contribution >= 4 is 0 Å². The van der Waals surface area contributed by atoms with Gasteiger partial charge in [-0.25, -0.2) is 0 Å². The summed E-state index contributed by atoms with van der Waals surface area (Å²) in [5.74, 6) is 0. The Hall–Kier alpha value is -0.860. The van der Waals surface area contributed by atoms with E-state index in [-0.39, 0.29) is 6.10 Å². The number of aliphatic hydroxyl groups is 1. The molecule has 1 aromatic carbocycles. The zero-order valence-corrected chi connectivity index (χ0v) is 11.8. The average molecular weight is 247 g/mol. The minimum absolute atomic E-state index is 0.365. The number of nitrogens with zero attached hydrogens (tertiary/aromatic N) is 1. The van der Waals surface area contributed by atoms with Gasteiger partial charge in [-0.3, -0.25) is 0 Å². The minimum atomic E-state index is -0.365. The van der Waals surface area contributed by atoms with Crippen molar-refractivity contribution in [3.8, 4) is 0 Å². The number of rotatable bonds is 4. The molecule has 2 nitrogen and oxygen atoms in total. The summed E-state index contributed by atoms with van der Waals surface area (Å²) < 4.78 is 0. The number of aryl methyl sites for hydroxylation is 2. The Balaban J connectivity index is 2.00. The first-order valence-electron chi connectivity index (χ1n) is 7.03. The molecule has 18 heavy (non-hydrogen) atoms. The van der Waals surface area contributed by atoms with Crippen LogP contribution in [0, 0.1) is 13.8 Å². The van der Waals surface area contributed by atoms with Gasteiger partial charge in [0.15, 0.2) is 0 Å². The molecule has 0 spiro atoms. The predicted molar refractivity (Wildman–Crippen MR) is 75.8 cm³/mol. The molecule has 0 aliphatic heterocycles. The van der Waals surface area contributed by atoms with Gasteiger partial charge in [-0.15, -0.1) is 0 Å². The van der Waals surface area contributed by atoms with Crippen molar-refractivity contribution in [2.45, 2.75) is 51.7 Å². The van der Waals surface area contributed by atoms with Crippen molar-refractivity contribution in [1.82, 2.24) is 4.90 Å². The first kappa shape index (κ1) is 13.6. The van der Waals surface area contributed by atoms with E-state index in [0.717, 1.165) is 12.1 Å². The number of benzene rings is 1. The summed E-state index contributed by atoms with van der Waals surface area (Å²) in [4.78, 5) is 2.33. The van der Waals surface area contributed by atoms with E-state index in [1.807, 2.05) is 0 Å². The van der Waals surface area contributed by atoms with Crippen LogP contribution in [0.25, 0.3) is 0 Å². The number of hydrogen-bond acceptors (Lipinski definition) is 2. The molecule has 0 aromatic heterocycles. The molecule has 100 valence electrons. The van der Waals surface area contributed by atoms with Crippen LogP contribution in [0.1, 0.15) is 48.5 Å². The molecule has 0 radical (unpaired) electrons. The summed E-state index contributed by atoms with van der Waals surface area (Å²) in [5.41, 5.74) is 3.53. The standard InChI is InChI=1S/C16H25NO/c1-12-8-9-15(13(2)10-12)16(18)11-17(3)14-6-4-5-7-14/h8-10,14,16,18H,4-7,11H2,1-3H3. The smallest absolute Gasteiger partial charge is 0.0919 e. The first-order valence-corrected chi connectivity index (χ1v) is 7.03. The second kappa shape index (κ2) is 5.85. The zero-order chi connectivity index (χ0) is 13.1. The Kier molecular flexibility index (Phi) is 4.41. The summed E-state index contributed by atoms with van der Waals surface area (Å²) in [6.45, 7) is 4.92. The van der Waals surface area contributed by atoms with Crippen LogP contribution in [-0.2, 0) is 0 Å². The molecule has 1 fully saturated rings. The third-order valence-corrected chi connectivity index (χ3v) is 4.19. The van der Waals surface area contributed by atoms with Gasteiger partial charge in [0.1, 0.15) is 0 Å². The van der Waals surface area contributed by atoms with Crippen LogP contribution in [-0.4, -0.2) is 29.6 Å². The van der Waals surface area contributed by atoms with Gasteiger partial charge in [0, 0.05) is 12.6 Å². The molecule has 0 saturated heterocycles. The molecule has 1 atom stereocenters.